The van der Waals surface area contributed by atoms with Gasteiger partial charge in [-0.3, -0.25) is 4.79 Å². The van der Waals surface area contributed by atoms with Crippen LogP contribution < -0.4 is 11.1 Å². The number of nitrogens with one attached hydrogen (secondary N) is 1. The fraction of sp³-hybridized carbons (Fsp3) is 0.917. The summed E-state index contributed by atoms with van der Waals surface area (Å²) >= 11 is 0. The molecule has 0 saturated heterocycles. The van der Waals surface area contributed by atoms with Gasteiger partial charge in [0.25, 0.3) is 0 Å². The van der Waals surface area contributed by atoms with Crippen molar-refractivity contribution in [3.05, 3.63) is 0 Å². The average molecular weight is 228 g/mol. The normalized spacial score (nSPS) is 27.4. The van der Waals surface area contributed by atoms with E-state index in [4.69, 9.17) is 5.73 Å². The number of carbonyl (C=O) groups excluding carboxylic acids is 1. The second-order valence-electron chi connectivity index (χ2n) is 4.81. The van der Waals surface area contributed by atoms with Gasteiger partial charge in [0.05, 0.1) is 12.1 Å². The molecule has 1 aliphatic rings. The van der Waals surface area contributed by atoms with Crippen LogP contribution in [0.15, 0.2) is 0 Å². The third kappa shape index (κ3) is 4.49. The molecule has 1 aliphatic carbocycles. The minimum absolute atomic E-state index is 0.0343. The van der Waals surface area contributed by atoms with Crippen LogP contribution in [0.25, 0.3) is 0 Å². The second kappa shape index (κ2) is 6.86. The molecule has 0 radical (unpaired) electrons. The number of aliphatic hydroxyl groups is 1. The monoisotopic (exact) mass is 228 g/mol. The van der Waals surface area contributed by atoms with Crippen molar-refractivity contribution in [1.29, 1.82) is 0 Å². The number of rotatable bonds is 5. The molecule has 0 bridgehead atoms. The fourth-order valence-electron chi connectivity index (χ4n) is 2.17. The van der Waals surface area contributed by atoms with Crippen molar-refractivity contribution in [2.75, 3.05) is 6.54 Å². The van der Waals surface area contributed by atoms with Crippen molar-refractivity contribution in [2.45, 2.75) is 57.6 Å². The van der Waals surface area contributed by atoms with Crippen molar-refractivity contribution in [2.24, 2.45) is 11.7 Å². The molecule has 1 fully saturated rings. The summed E-state index contributed by atoms with van der Waals surface area (Å²) in [6, 6.07) is -0.362. The molecule has 16 heavy (non-hydrogen) atoms. The highest BCUT2D eigenvalue weighted by atomic mass is 16.3. The Kier molecular flexibility index (Phi) is 5.77. The second-order valence-corrected chi connectivity index (χ2v) is 4.81. The third-order valence-electron chi connectivity index (χ3n) is 3.32. The molecule has 4 N–H and O–H groups in total. The van der Waals surface area contributed by atoms with Crippen LogP contribution in [0.3, 0.4) is 0 Å². The lowest BCUT2D eigenvalue weighted by Crippen LogP contribution is -2.42. The molecule has 1 amide bonds. The molecular weight excluding hydrogens is 204 g/mol. The van der Waals surface area contributed by atoms with Gasteiger partial charge in [0.1, 0.15) is 0 Å². The number of hydrogen-bond acceptors (Lipinski definition) is 3. The van der Waals surface area contributed by atoms with Gasteiger partial charge in [0.2, 0.25) is 5.91 Å². The van der Waals surface area contributed by atoms with E-state index in [1.165, 1.54) is 0 Å². The Bertz CT molecular complexity index is 213. The van der Waals surface area contributed by atoms with Crippen molar-refractivity contribution in [3.8, 4) is 0 Å². The standard InChI is InChI=1S/C12H24N2O2/c1-2-3-11(13)12(16)14-8-9-4-6-10(15)7-5-9/h9-11,15H,2-8,13H2,1H3,(H,14,16). The molecule has 0 heterocycles. The zero-order valence-electron chi connectivity index (χ0n) is 10.1. The zero-order chi connectivity index (χ0) is 12.0. The van der Waals surface area contributed by atoms with Crippen molar-refractivity contribution in [3.63, 3.8) is 0 Å². The van der Waals surface area contributed by atoms with Crippen molar-refractivity contribution < 1.29 is 9.90 Å². The predicted octanol–water partition coefficient (Wildman–Crippen LogP) is 0.781. The fourth-order valence-corrected chi connectivity index (χ4v) is 2.17. The van der Waals surface area contributed by atoms with Crippen molar-refractivity contribution in [1.82, 2.24) is 5.32 Å². The van der Waals surface area contributed by atoms with Gasteiger partial charge < -0.3 is 16.2 Å². The van der Waals surface area contributed by atoms with E-state index in [1.807, 2.05) is 6.92 Å². The van der Waals surface area contributed by atoms with Gasteiger partial charge in [-0.2, -0.15) is 0 Å². The van der Waals surface area contributed by atoms with E-state index >= 15 is 0 Å². The van der Waals surface area contributed by atoms with Crippen LogP contribution in [0.1, 0.15) is 45.4 Å². The van der Waals surface area contributed by atoms with Crippen LogP contribution in [-0.2, 0) is 4.79 Å². The van der Waals surface area contributed by atoms with Crippen LogP contribution in [0.2, 0.25) is 0 Å². The van der Waals surface area contributed by atoms with E-state index in [2.05, 4.69) is 5.32 Å². The summed E-state index contributed by atoms with van der Waals surface area (Å²) < 4.78 is 0. The van der Waals surface area contributed by atoms with Gasteiger partial charge >= 0.3 is 0 Å². The lowest BCUT2D eigenvalue weighted by molar-refractivity contribution is -0.122. The number of amides is 1. The molecule has 1 atom stereocenters. The average Bonchev–Trinajstić information content (AvgIpc) is 2.28. The summed E-state index contributed by atoms with van der Waals surface area (Å²) in [5, 5.41) is 12.3. The zero-order valence-corrected chi connectivity index (χ0v) is 10.1. The topological polar surface area (TPSA) is 75.4 Å². The molecule has 0 aromatic heterocycles. The Morgan fingerprint density at radius 2 is 2.06 bits per heavy atom. The summed E-state index contributed by atoms with van der Waals surface area (Å²) in [4.78, 5) is 11.6. The van der Waals surface area contributed by atoms with E-state index in [-0.39, 0.29) is 18.1 Å². The summed E-state index contributed by atoms with van der Waals surface area (Å²) in [5.74, 6) is 0.481. The lowest BCUT2D eigenvalue weighted by atomic mass is 9.87. The van der Waals surface area contributed by atoms with E-state index in [9.17, 15) is 9.90 Å². The minimum Gasteiger partial charge on any atom is -0.393 e. The predicted molar refractivity (Wildman–Crippen MR) is 63.9 cm³/mol. The molecular formula is C12H24N2O2. The van der Waals surface area contributed by atoms with Gasteiger partial charge in [-0.25, -0.2) is 0 Å². The Hall–Kier alpha value is -0.610. The minimum atomic E-state index is -0.362. The maximum atomic E-state index is 11.6. The Balaban J connectivity index is 2.16. The molecule has 0 aromatic rings. The Morgan fingerprint density at radius 3 is 2.62 bits per heavy atom. The van der Waals surface area contributed by atoms with E-state index in [1.54, 1.807) is 0 Å². The molecule has 4 nitrogen and oxygen atoms in total. The smallest absolute Gasteiger partial charge is 0.236 e. The van der Waals surface area contributed by atoms with E-state index in [0.717, 1.165) is 38.5 Å². The molecule has 1 unspecified atom stereocenters. The van der Waals surface area contributed by atoms with E-state index in [0.29, 0.717) is 12.5 Å². The first-order valence-corrected chi connectivity index (χ1v) is 6.34. The highest BCUT2D eigenvalue weighted by Crippen LogP contribution is 2.23. The van der Waals surface area contributed by atoms with Crippen LogP contribution in [0.5, 0.6) is 0 Å². The quantitative estimate of drug-likeness (QED) is 0.651. The van der Waals surface area contributed by atoms with Crippen LogP contribution in [0.4, 0.5) is 0 Å². The van der Waals surface area contributed by atoms with Crippen LogP contribution >= 0.6 is 0 Å². The van der Waals surface area contributed by atoms with Gasteiger partial charge in [0, 0.05) is 6.54 Å². The summed E-state index contributed by atoms with van der Waals surface area (Å²) in [7, 11) is 0. The van der Waals surface area contributed by atoms with E-state index < -0.39 is 0 Å². The SMILES string of the molecule is CCCC(N)C(=O)NCC1CCC(O)CC1. The Labute approximate surface area is 97.6 Å². The highest BCUT2D eigenvalue weighted by molar-refractivity contribution is 5.81. The molecule has 0 aromatic carbocycles. The number of aliphatic hydroxyl groups excluding tert-OH is 1. The summed E-state index contributed by atoms with van der Waals surface area (Å²) in [6.07, 6.45) is 5.28. The van der Waals surface area contributed by atoms with Crippen LogP contribution in [0, 0.1) is 5.92 Å². The van der Waals surface area contributed by atoms with Gasteiger partial charge in [-0.05, 0) is 38.0 Å². The molecule has 1 rings (SSSR count). The number of nitrogens with two attached hydrogens (primary N) is 1. The highest BCUT2D eigenvalue weighted by Gasteiger charge is 2.20. The van der Waals surface area contributed by atoms with Crippen LogP contribution in [-0.4, -0.2) is 29.7 Å². The summed E-state index contributed by atoms with van der Waals surface area (Å²) in [5.41, 5.74) is 5.71. The van der Waals surface area contributed by atoms with Gasteiger partial charge in [-0.1, -0.05) is 13.3 Å². The molecule has 1 saturated carbocycles. The summed E-state index contributed by atoms with van der Waals surface area (Å²) in [6.45, 7) is 2.73. The first kappa shape index (κ1) is 13.5. The first-order chi connectivity index (χ1) is 7.63. The van der Waals surface area contributed by atoms with Gasteiger partial charge in [0.15, 0.2) is 0 Å². The first-order valence-electron chi connectivity index (χ1n) is 6.34. The Morgan fingerprint density at radius 1 is 1.44 bits per heavy atom. The van der Waals surface area contributed by atoms with Crippen molar-refractivity contribution >= 4 is 5.91 Å². The van der Waals surface area contributed by atoms with Gasteiger partial charge in [-0.15, -0.1) is 0 Å². The largest absolute Gasteiger partial charge is 0.393 e. The number of hydrogen-bond donors (Lipinski definition) is 3. The maximum Gasteiger partial charge on any atom is 0.236 e. The molecule has 94 valence electrons. The number of carbonyl (C=O) groups is 1. The molecule has 4 heteroatoms. The third-order valence-corrected chi connectivity index (χ3v) is 3.32. The lowest BCUT2D eigenvalue weighted by Gasteiger charge is -2.25. The maximum absolute atomic E-state index is 11.6. The molecule has 0 spiro atoms. The molecule has 0 aliphatic heterocycles.